The predicted octanol–water partition coefficient (Wildman–Crippen LogP) is 1.56. The van der Waals surface area contributed by atoms with Gasteiger partial charge in [-0.15, -0.1) is 0 Å². The molecule has 1 aromatic carbocycles. The van der Waals surface area contributed by atoms with Gasteiger partial charge in [-0.1, -0.05) is 0 Å². The first-order valence-corrected chi connectivity index (χ1v) is 5.50. The summed E-state index contributed by atoms with van der Waals surface area (Å²) in [6.07, 6.45) is 1.06. The average Bonchev–Trinajstić information content (AvgIpc) is 2.36. The van der Waals surface area contributed by atoms with Crippen molar-refractivity contribution in [2.24, 2.45) is 5.73 Å². The van der Waals surface area contributed by atoms with Gasteiger partial charge in [0.2, 0.25) is 0 Å². The molecule has 1 aliphatic rings. The summed E-state index contributed by atoms with van der Waals surface area (Å²) in [6, 6.07) is 3.94. The van der Waals surface area contributed by atoms with Gasteiger partial charge < -0.3 is 20.5 Å². The number of nitrogens with two attached hydrogens (primary N) is 1. The molecule has 1 aliphatic heterocycles. The number of anilines is 1. The van der Waals surface area contributed by atoms with Gasteiger partial charge in [0.15, 0.2) is 0 Å². The first-order chi connectivity index (χ1) is 7.80. The molecular formula is C12H18N2O2. The highest BCUT2D eigenvalue weighted by atomic mass is 16.5. The van der Waals surface area contributed by atoms with E-state index in [0.29, 0.717) is 12.5 Å². The molecule has 88 valence electrons. The van der Waals surface area contributed by atoms with Crippen molar-refractivity contribution in [1.29, 1.82) is 0 Å². The molecule has 1 aromatic rings. The molecule has 2 rings (SSSR count). The molecule has 4 nitrogen and oxygen atoms in total. The SMILES string of the molecule is COc1cc(OC)c2c(c1)C(CN)CCN2. The molecule has 1 atom stereocenters. The van der Waals surface area contributed by atoms with Gasteiger partial charge in [0.25, 0.3) is 0 Å². The van der Waals surface area contributed by atoms with E-state index >= 15 is 0 Å². The molecule has 16 heavy (non-hydrogen) atoms. The monoisotopic (exact) mass is 222 g/mol. The summed E-state index contributed by atoms with van der Waals surface area (Å²) in [5.41, 5.74) is 8.05. The largest absolute Gasteiger partial charge is 0.497 e. The van der Waals surface area contributed by atoms with Crippen molar-refractivity contribution < 1.29 is 9.47 Å². The fraction of sp³-hybridized carbons (Fsp3) is 0.500. The van der Waals surface area contributed by atoms with Crippen LogP contribution in [0.3, 0.4) is 0 Å². The van der Waals surface area contributed by atoms with Crippen molar-refractivity contribution >= 4 is 5.69 Å². The second-order valence-corrected chi connectivity index (χ2v) is 3.94. The Balaban J connectivity index is 2.50. The fourth-order valence-corrected chi connectivity index (χ4v) is 2.17. The molecule has 0 fully saturated rings. The Labute approximate surface area is 95.7 Å². The Morgan fingerprint density at radius 3 is 2.81 bits per heavy atom. The van der Waals surface area contributed by atoms with Crippen LogP contribution in [0.4, 0.5) is 5.69 Å². The van der Waals surface area contributed by atoms with Gasteiger partial charge in [0, 0.05) is 18.5 Å². The number of hydrogen-bond donors (Lipinski definition) is 2. The summed E-state index contributed by atoms with van der Waals surface area (Å²) in [4.78, 5) is 0. The second kappa shape index (κ2) is 4.61. The van der Waals surface area contributed by atoms with Crippen LogP contribution in [0.15, 0.2) is 12.1 Å². The van der Waals surface area contributed by atoms with E-state index in [0.717, 1.165) is 30.2 Å². The van der Waals surface area contributed by atoms with E-state index in [1.54, 1.807) is 14.2 Å². The molecule has 3 N–H and O–H groups in total. The maximum absolute atomic E-state index is 5.79. The number of fused-ring (bicyclic) bond motifs is 1. The number of nitrogens with one attached hydrogen (secondary N) is 1. The Kier molecular flexibility index (Phi) is 3.19. The lowest BCUT2D eigenvalue weighted by molar-refractivity contribution is 0.392. The number of ether oxygens (including phenoxy) is 2. The van der Waals surface area contributed by atoms with Crippen molar-refractivity contribution in [2.75, 3.05) is 32.6 Å². The predicted molar refractivity (Wildman–Crippen MR) is 64.4 cm³/mol. The van der Waals surface area contributed by atoms with Crippen molar-refractivity contribution in [3.8, 4) is 11.5 Å². The van der Waals surface area contributed by atoms with Crippen molar-refractivity contribution in [3.63, 3.8) is 0 Å². The van der Waals surface area contributed by atoms with Crippen LogP contribution < -0.4 is 20.5 Å². The van der Waals surface area contributed by atoms with Crippen LogP contribution in [0, 0.1) is 0 Å². The number of hydrogen-bond acceptors (Lipinski definition) is 4. The van der Waals surface area contributed by atoms with Gasteiger partial charge in [0.05, 0.1) is 19.9 Å². The maximum atomic E-state index is 5.79. The molecule has 1 heterocycles. The zero-order valence-electron chi connectivity index (χ0n) is 9.75. The fourth-order valence-electron chi connectivity index (χ4n) is 2.17. The van der Waals surface area contributed by atoms with E-state index in [1.807, 2.05) is 12.1 Å². The van der Waals surface area contributed by atoms with Gasteiger partial charge >= 0.3 is 0 Å². The van der Waals surface area contributed by atoms with Crippen molar-refractivity contribution in [2.45, 2.75) is 12.3 Å². The molecule has 0 radical (unpaired) electrons. The highest BCUT2D eigenvalue weighted by Gasteiger charge is 2.22. The van der Waals surface area contributed by atoms with Crippen LogP contribution >= 0.6 is 0 Å². The Morgan fingerprint density at radius 1 is 1.38 bits per heavy atom. The smallest absolute Gasteiger partial charge is 0.145 e. The Hall–Kier alpha value is -1.42. The van der Waals surface area contributed by atoms with Crippen LogP contribution in [0.5, 0.6) is 11.5 Å². The molecule has 0 aromatic heterocycles. The molecule has 1 unspecified atom stereocenters. The number of rotatable bonds is 3. The summed E-state index contributed by atoms with van der Waals surface area (Å²) in [5, 5.41) is 3.36. The van der Waals surface area contributed by atoms with Gasteiger partial charge in [-0.25, -0.2) is 0 Å². The normalized spacial score (nSPS) is 18.6. The minimum absolute atomic E-state index is 0.389. The third-order valence-corrected chi connectivity index (χ3v) is 3.08. The maximum Gasteiger partial charge on any atom is 0.145 e. The number of methoxy groups -OCH3 is 2. The molecule has 0 amide bonds. The quantitative estimate of drug-likeness (QED) is 0.815. The molecule has 0 bridgehead atoms. The summed E-state index contributed by atoms with van der Waals surface area (Å²) in [5.74, 6) is 2.03. The zero-order valence-corrected chi connectivity index (χ0v) is 9.75. The molecule has 0 saturated heterocycles. The van der Waals surface area contributed by atoms with Crippen LogP contribution in [0.2, 0.25) is 0 Å². The van der Waals surface area contributed by atoms with E-state index in [2.05, 4.69) is 5.32 Å². The Bertz CT molecular complexity index is 380. The summed E-state index contributed by atoms with van der Waals surface area (Å²) < 4.78 is 10.6. The van der Waals surface area contributed by atoms with E-state index in [9.17, 15) is 0 Å². The molecule has 0 saturated carbocycles. The summed E-state index contributed by atoms with van der Waals surface area (Å²) in [7, 11) is 3.33. The van der Waals surface area contributed by atoms with Crippen molar-refractivity contribution in [1.82, 2.24) is 0 Å². The average molecular weight is 222 g/mol. The first kappa shape index (κ1) is 11.1. The zero-order chi connectivity index (χ0) is 11.5. The lowest BCUT2D eigenvalue weighted by Crippen LogP contribution is -2.23. The van der Waals surface area contributed by atoms with E-state index in [4.69, 9.17) is 15.2 Å². The van der Waals surface area contributed by atoms with Crippen LogP contribution in [0.25, 0.3) is 0 Å². The highest BCUT2D eigenvalue weighted by Crippen LogP contribution is 2.40. The van der Waals surface area contributed by atoms with Crippen LogP contribution in [-0.4, -0.2) is 27.3 Å². The van der Waals surface area contributed by atoms with Gasteiger partial charge in [-0.3, -0.25) is 0 Å². The Morgan fingerprint density at radius 2 is 2.19 bits per heavy atom. The highest BCUT2D eigenvalue weighted by molar-refractivity contribution is 5.67. The van der Waals surface area contributed by atoms with E-state index in [-0.39, 0.29) is 0 Å². The third kappa shape index (κ3) is 1.80. The van der Waals surface area contributed by atoms with Gasteiger partial charge in [-0.2, -0.15) is 0 Å². The lowest BCUT2D eigenvalue weighted by atomic mass is 9.90. The number of benzene rings is 1. The van der Waals surface area contributed by atoms with E-state index < -0.39 is 0 Å². The molecule has 0 aliphatic carbocycles. The van der Waals surface area contributed by atoms with Crippen LogP contribution in [0.1, 0.15) is 17.9 Å². The standard InChI is InChI=1S/C12H18N2O2/c1-15-9-5-10-8(7-13)3-4-14-12(10)11(6-9)16-2/h5-6,8,14H,3-4,7,13H2,1-2H3. The molecule has 0 spiro atoms. The molecule has 4 heteroatoms. The first-order valence-electron chi connectivity index (χ1n) is 5.50. The van der Waals surface area contributed by atoms with Gasteiger partial charge in [-0.05, 0) is 24.6 Å². The van der Waals surface area contributed by atoms with E-state index in [1.165, 1.54) is 5.56 Å². The summed E-state index contributed by atoms with van der Waals surface area (Å²) in [6.45, 7) is 1.60. The van der Waals surface area contributed by atoms with Crippen LogP contribution in [-0.2, 0) is 0 Å². The summed E-state index contributed by atoms with van der Waals surface area (Å²) >= 11 is 0. The topological polar surface area (TPSA) is 56.5 Å². The van der Waals surface area contributed by atoms with Gasteiger partial charge in [0.1, 0.15) is 11.5 Å². The molecular weight excluding hydrogens is 204 g/mol. The minimum atomic E-state index is 0.389. The lowest BCUT2D eigenvalue weighted by Gasteiger charge is -2.27. The third-order valence-electron chi connectivity index (χ3n) is 3.08. The minimum Gasteiger partial charge on any atom is -0.497 e. The second-order valence-electron chi connectivity index (χ2n) is 3.94. The van der Waals surface area contributed by atoms with Crippen molar-refractivity contribution in [3.05, 3.63) is 17.7 Å².